The largest absolute Gasteiger partial charge is 0.388 e. The van der Waals surface area contributed by atoms with Crippen LogP contribution in [0.2, 0.25) is 0 Å². The Kier molecular flexibility index (Phi) is 6.84. The molecule has 12 atom stereocenters. The summed E-state index contributed by atoms with van der Waals surface area (Å²) in [6, 6.07) is 0. The number of fused-ring (bicyclic) bond motifs is 6. The molecule has 0 bridgehead atoms. The van der Waals surface area contributed by atoms with Crippen LogP contribution in [0.4, 0.5) is 0 Å². The molecule has 0 unspecified atom stereocenters. The van der Waals surface area contributed by atoms with Gasteiger partial charge in [-0.15, -0.1) is 0 Å². The second kappa shape index (κ2) is 9.39. The molecule has 0 aromatic rings. The van der Waals surface area contributed by atoms with Gasteiger partial charge in [0.25, 0.3) is 0 Å². The fourth-order valence-corrected chi connectivity index (χ4v) is 11.1. The number of allylic oxidation sites excluding steroid dienone is 4. The van der Waals surface area contributed by atoms with Crippen LogP contribution < -0.4 is 0 Å². The highest BCUT2D eigenvalue weighted by Gasteiger charge is 2.66. The van der Waals surface area contributed by atoms with Gasteiger partial charge in [0.1, 0.15) is 18.3 Å². The molecular weight excluding hydrogens is 488 g/mol. The van der Waals surface area contributed by atoms with E-state index in [2.05, 4.69) is 54.5 Å². The van der Waals surface area contributed by atoms with Crippen molar-refractivity contribution in [2.24, 2.45) is 45.3 Å². The van der Waals surface area contributed by atoms with E-state index in [-0.39, 0.29) is 34.4 Å². The summed E-state index contributed by atoms with van der Waals surface area (Å²) < 4.78 is 12.1. The highest BCUT2D eigenvalue weighted by molar-refractivity contribution is 5.49. The zero-order valence-corrected chi connectivity index (χ0v) is 25.5. The third-order valence-corrected chi connectivity index (χ3v) is 14.0. The van der Waals surface area contributed by atoms with Gasteiger partial charge in [0.05, 0.1) is 12.7 Å². The molecule has 3 N–H and O–H groups in total. The van der Waals surface area contributed by atoms with Crippen LogP contribution in [0.15, 0.2) is 22.8 Å². The first-order chi connectivity index (χ1) is 18.3. The fourth-order valence-electron chi connectivity index (χ4n) is 11.1. The van der Waals surface area contributed by atoms with Crippen molar-refractivity contribution in [3.05, 3.63) is 22.8 Å². The first kappa shape index (κ1) is 28.4. The van der Waals surface area contributed by atoms with E-state index < -0.39 is 24.6 Å². The summed E-state index contributed by atoms with van der Waals surface area (Å²) in [5, 5.41) is 30.7. The minimum Gasteiger partial charge on any atom is -0.388 e. The van der Waals surface area contributed by atoms with Crippen LogP contribution in [0.5, 0.6) is 0 Å². The number of hydrogen-bond donors (Lipinski definition) is 3. The summed E-state index contributed by atoms with van der Waals surface area (Å²) in [6.07, 6.45) is 9.13. The van der Waals surface area contributed by atoms with Gasteiger partial charge in [-0.3, -0.25) is 0 Å². The van der Waals surface area contributed by atoms with Crippen molar-refractivity contribution >= 4 is 0 Å². The summed E-state index contributed by atoms with van der Waals surface area (Å²) in [5.41, 5.74) is 5.92. The van der Waals surface area contributed by atoms with Gasteiger partial charge in [0.15, 0.2) is 6.29 Å². The van der Waals surface area contributed by atoms with Gasteiger partial charge in [0.2, 0.25) is 0 Å². The van der Waals surface area contributed by atoms with E-state index in [1.807, 2.05) is 0 Å². The zero-order valence-electron chi connectivity index (χ0n) is 25.5. The number of ether oxygens (including phenoxy) is 2. The van der Waals surface area contributed by atoms with Gasteiger partial charge in [-0.25, -0.2) is 0 Å². The predicted octanol–water partition coefficient (Wildman–Crippen LogP) is 6.16. The van der Waals surface area contributed by atoms with Crippen LogP contribution >= 0.6 is 0 Å². The van der Waals surface area contributed by atoms with Crippen LogP contribution in [-0.4, -0.2) is 52.6 Å². The van der Waals surface area contributed by atoms with E-state index in [9.17, 15) is 15.3 Å². The Morgan fingerprint density at radius 1 is 0.872 bits per heavy atom. The smallest absolute Gasteiger partial charge is 0.186 e. The molecule has 0 radical (unpaired) electrons. The Bertz CT molecular complexity index is 1050. The van der Waals surface area contributed by atoms with Gasteiger partial charge in [-0.05, 0) is 114 Å². The van der Waals surface area contributed by atoms with Crippen molar-refractivity contribution in [3.63, 3.8) is 0 Å². The molecule has 5 aliphatic carbocycles. The van der Waals surface area contributed by atoms with Gasteiger partial charge in [0, 0.05) is 0 Å². The van der Waals surface area contributed by atoms with Crippen molar-refractivity contribution in [2.45, 2.75) is 137 Å². The lowest BCUT2D eigenvalue weighted by atomic mass is 9.35. The minimum absolute atomic E-state index is 0.0135. The standard InChI is InChI=1S/C34H54O5/c1-19-8-9-21-12-16-33(6)22(27(21)20(19)2)10-11-25-32(5)15-14-26(31(3,4)24(32)13-17-34(25,33)7)39-30-29(37)28(36)23(35)18-38-30/h10,19-20,23-26,28-30,35-37H,8-9,11-18H2,1-7H3/t19-,20+,23+,24+,25-,26+,28+,29-,30+,32+,33-,34-/m1/s1. The van der Waals surface area contributed by atoms with E-state index in [1.165, 1.54) is 44.9 Å². The molecule has 2 saturated carbocycles. The van der Waals surface area contributed by atoms with Crippen LogP contribution in [-0.2, 0) is 9.47 Å². The summed E-state index contributed by atoms with van der Waals surface area (Å²) in [5.74, 6) is 2.61. The summed E-state index contributed by atoms with van der Waals surface area (Å²) in [7, 11) is 0. The molecule has 6 rings (SSSR count). The van der Waals surface area contributed by atoms with E-state index in [4.69, 9.17) is 9.47 Å². The average Bonchev–Trinajstić information content (AvgIpc) is 2.88. The topological polar surface area (TPSA) is 79.2 Å². The molecule has 6 aliphatic rings. The van der Waals surface area contributed by atoms with Crippen molar-refractivity contribution in [3.8, 4) is 0 Å². The number of aliphatic hydroxyl groups is 3. The third kappa shape index (κ3) is 3.89. The Hall–Kier alpha value is -0.720. The maximum Gasteiger partial charge on any atom is 0.186 e. The molecule has 3 fully saturated rings. The van der Waals surface area contributed by atoms with Crippen molar-refractivity contribution < 1.29 is 24.8 Å². The SMILES string of the molecule is C[C@@H]1CCC2=C(C3=CC[C@@H]4[C@@]5(C)CC[C@H](O[C@@H]6OC[C@H](O)[C@H](O)[C@H]6O)C(C)(C)[C@@H]5CC[C@@]4(C)[C@]3(C)CC2)[C@H]1C. The van der Waals surface area contributed by atoms with Gasteiger partial charge >= 0.3 is 0 Å². The van der Waals surface area contributed by atoms with Gasteiger partial charge in [-0.1, -0.05) is 60.1 Å². The van der Waals surface area contributed by atoms with Crippen molar-refractivity contribution in [1.82, 2.24) is 0 Å². The van der Waals surface area contributed by atoms with Crippen molar-refractivity contribution in [1.29, 1.82) is 0 Å². The number of rotatable bonds is 2. The molecule has 220 valence electrons. The highest BCUT2D eigenvalue weighted by atomic mass is 16.7. The maximum atomic E-state index is 10.6. The van der Waals surface area contributed by atoms with E-state index in [1.54, 1.807) is 16.7 Å². The Morgan fingerprint density at radius 3 is 2.36 bits per heavy atom. The average molecular weight is 543 g/mol. The second-order valence-electron chi connectivity index (χ2n) is 15.8. The molecule has 0 amide bonds. The normalized spacial score (nSPS) is 53.2. The number of aliphatic hydroxyl groups excluding tert-OH is 3. The van der Waals surface area contributed by atoms with Gasteiger partial charge in [-0.2, -0.15) is 0 Å². The van der Waals surface area contributed by atoms with Gasteiger partial charge < -0.3 is 24.8 Å². The van der Waals surface area contributed by atoms with E-state index in [0.29, 0.717) is 17.8 Å². The third-order valence-electron chi connectivity index (χ3n) is 14.0. The summed E-state index contributed by atoms with van der Waals surface area (Å²) in [4.78, 5) is 0. The van der Waals surface area contributed by atoms with Crippen LogP contribution in [0.1, 0.15) is 106 Å². The zero-order chi connectivity index (χ0) is 28.1. The lowest BCUT2D eigenvalue weighted by Gasteiger charge is -2.70. The molecule has 5 heteroatoms. The van der Waals surface area contributed by atoms with Crippen LogP contribution in [0.3, 0.4) is 0 Å². The molecule has 0 aromatic carbocycles. The lowest BCUT2D eigenvalue weighted by Crippen LogP contribution is -2.64. The Balaban J connectivity index is 1.29. The van der Waals surface area contributed by atoms with Crippen LogP contribution in [0.25, 0.3) is 0 Å². The molecule has 39 heavy (non-hydrogen) atoms. The van der Waals surface area contributed by atoms with E-state index in [0.717, 1.165) is 18.8 Å². The molecule has 0 spiro atoms. The van der Waals surface area contributed by atoms with Crippen molar-refractivity contribution in [2.75, 3.05) is 6.61 Å². The first-order valence-corrected chi connectivity index (χ1v) is 16.0. The maximum absolute atomic E-state index is 10.6. The summed E-state index contributed by atoms with van der Waals surface area (Å²) >= 11 is 0. The molecular formula is C34H54O5. The summed E-state index contributed by atoms with van der Waals surface area (Å²) in [6.45, 7) is 17.5. The fraction of sp³-hybridized carbons (Fsp3) is 0.882. The van der Waals surface area contributed by atoms with E-state index >= 15 is 0 Å². The van der Waals surface area contributed by atoms with Crippen LogP contribution in [0, 0.1) is 45.3 Å². The number of hydrogen-bond acceptors (Lipinski definition) is 5. The highest BCUT2D eigenvalue weighted by Crippen LogP contribution is 2.74. The molecule has 1 aliphatic heterocycles. The molecule has 1 heterocycles. The molecule has 5 nitrogen and oxygen atoms in total. The minimum atomic E-state index is -1.24. The Morgan fingerprint density at radius 2 is 1.62 bits per heavy atom. The molecule has 0 aromatic heterocycles. The predicted molar refractivity (Wildman–Crippen MR) is 153 cm³/mol. The molecule has 1 saturated heterocycles. The monoisotopic (exact) mass is 542 g/mol. The second-order valence-corrected chi connectivity index (χ2v) is 15.8. The quantitative estimate of drug-likeness (QED) is 0.364. The lowest BCUT2D eigenvalue weighted by molar-refractivity contribution is -0.307. The first-order valence-electron chi connectivity index (χ1n) is 16.0. The Labute approximate surface area is 236 Å².